The minimum absolute atomic E-state index is 0.189. The van der Waals surface area contributed by atoms with Crippen LogP contribution in [0.2, 0.25) is 0 Å². The van der Waals surface area contributed by atoms with Crippen LogP contribution in [0.5, 0.6) is 0 Å². The number of nitrogens with zero attached hydrogens (tertiary/aromatic N) is 2. The highest BCUT2D eigenvalue weighted by molar-refractivity contribution is 5.78. The second-order valence-electron chi connectivity index (χ2n) is 5.16. The molecule has 94 valence electrons. The predicted molar refractivity (Wildman–Crippen MR) is 66.1 cm³/mol. The monoisotopic (exact) mass is 227 g/mol. The smallest absolute Gasteiger partial charge is 0.226 e. The van der Waals surface area contributed by atoms with Crippen LogP contribution in [0.25, 0.3) is 0 Å². The summed E-state index contributed by atoms with van der Waals surface area (Å²) in [5.74, 6) is 0.857. The van der Waals surface area contributed by atoms with Gasteiger partial charge >= 0.3 is 0 Å². The Labute approximate surface area is 98.8 Å². The minimum atomic E-state index is 0.189. The van der Waals surface area contributed by atoms with Gasteiger partial charge in [-0.2, -0.15) is 0 Å². The number of piperidine rings is 1. The Morgan fingerprint density at radius 2 is 2.31 bits per heavy atom. The van der Waals surface area contributed by atoms with Crippen LogP contribution in [0.4, 0.5) is 0 Å². The van der Waals surface area contributed by atoms with Gasteiger partial charge in [-0.05, 0) is 38.9 Å². The number of likely N-dealkylation sites (tertiary alicyclic amines) is 1. The van der Waals surface area contributed by atoms with Crippen LogP contribution in [-0.4, -0.2) is 56.0 Å². The summed E-state index contributed by atoms with van der Waals surface area (Å²) in [6, 6.07) is 0. The van der Waals surface area contributed by atoms with Crippen molar-refractivity contribution in [1.82, 2.24) is 9.80 Å². The molecule has 1 fully saturated rings. The van der Waals surface area contributed by atoms with Gasteiger partial charge in [0, 0.05) is 20.1 Å². The van der Waals surface area contributed by atoms with Gasteiger partial charge in [0.05, 0.1) is 5.92 Å². The lowest BCUT2D eigenvalue weighted by Gasteiger charge is -2.32. The quantitative estimate of drug-likeness (QED) is 0.755. The van der Waals surface area contributed by atoms with Crippen LogP contribution < -0.4 is 5.73 Å². The molecule has 2 N–H and O–H groups in total. The van der Waals surface area contributed by atoms with Crippen molar-refractivity contribution in [2.75, 3.05) is 40.3 Å². The van der Waals surface area contributed by atoms with E-state index in [-0.39, 0.29) is 11.8 Å². The van der Waals surface area contributed by atoms with E-state index in [4.69, 9.17) is 5.73 Å². The van der Waals surface area contributed by atoms with Crippen LogP contribution in [0.3, 0.4) is 0 Å². The van der Waals surface area contributed by atoms with Crippen LogP contribution in [0.1, 0.15) is 19.8 Å². The number of hydrogen-bond acceptors (Lipinski definition) is 3. The first kappa shape index (κ1) is 13.5. The molecular weight excluding hydrogens is 202 g/mol. The van der Waals surface area contributed by atoms with Gasteiger partial charge in [-0.3, -0.25) is 4.79 Å². The maximum absolute atomic E-state index is 12.2. The molecule has 1 rings (SSSR count). The minimum Gasteiger partial charge on any atom is -0.345 e. The molecule has 2 atom stereocenters. The number of hydrogen-bond donors (Lipinski definition) is 1. The first-order valence-corrected chi connectivity index (χ1v) is 6.18. The van der Waals surface area contributed by atoms with Crippen molar-refractivity contribution >= 4 is 5.91 Å². The molecule has 0 radical (unpaired) electrons. The Bertz CT molecular complexity index is 232. The maximum Gasteiger partial charge on any atom is 0.226 e. The fourth-order valence-corrected chi connectivity index (χ4v) is 2.31. The summed E-state index contributed by atoms with van der Waals surface area (Å²) in [4.78, 5) is 16.2. The SMILES string of the molecule is CC(CN)CN(C)C(=O)C1CCCN(C)C1. The largest absolute Gasteiger partial charge is 0.345 e. The third kappa shape index (κ3) is 3.76. The summed E-state index contributed by atoms with van der Waals surface area (Å²) in [6.07, 6.45) is 2.16. The van der Waals surface area contributed by atoms with E-state index in [2.05, 4.69) is 18.9 Å². The molecule has 0 bridgehead atoms. The van der Waals surface area contributed by atoms with Crippen LogP contribution in [-0.2, 0) is 4.79 Å². The summed E-state index contributed by atoms with van der Waals surface area (Å²) in [7, 11) is 3.98. The lowest BCUT2D eigenvalue weighted by Crippen LogP contribution is -2.43. The molecule has 1 amide bonds. The van der Waals surface area contributed by atoms with Gasteiger partial charge in [0.2, 0.25) is 5.91 Å². The van der Waals surface area contributed by atoms with E-state index in [0.717, 1.165) is 32.5 Å². The number of carbonyl (C=O) groups excluding carboxylic acids is 1. The number of amides is 1. The Morgan fingerprint density at radius 1 is 1.62 bits per heavy atom. The first-order chi connectivity index (χ1) is 7.54. The molecule has 4 heteroatoms. The predicted octanol–water partition coefficient (Wildman–Crippen LogP) is 0.381. The molecule has 0 aliphatic carbocycles. The lowest BCUT2D eigenvalue weighted by atomic mass is 9.96. The van der Waals surface area contributed by atoms with Gasteiger partial charge in [0.1, 0.15) is 0 Å². The van der Waals surface area contributed by atoms with Crippen LogP contribution in [0, 0.1) is 11.8 Å². The zero-order valence-electron chi connectivity index (χ0n) is 10.8. The molecule has 0 saturated carbocycles. The van der Waals surface area contributed by atoms with E-state index >= 15 is 0 Å². The summed E-state index contributed by atoms with van der Waals surface area (Å²) in [5, 5.41) is 0. The number of nitrogens with two attached hydrogens (primary N) is 1. The molecular formula is C12H25N3O. The fourth-order valence-electron chi connectivity index (χ4n) is 2.31. The van der Waals surface area contributed by atoms with Gasteiger partial charge in [0.25, 0.3) is 0 Å². The van der Waals surface area contributed by atoms with Gasteiger partial charge in [-0.15, -0.1) is 0 Å². The molecule has 0 aromatic heterocycles. The van der Waals surface area contributed by atoms with E-state index in [1.54, 1.807) is 0 Å². The average molecular weight is 227 g/mol. The molecule has 0 spiro atoms. The summed E-state index contributed by atoms with van der Waals surface area (Å²) < 4.78 is 0. The van der Waals surface area contributed by atoms with Crippen LogP contribution >= 0.6 is 0 Å². The Balaban J connectivity index is 2.43. The molecule has 1 aliphatic rings. The van der Waals surface area contributed by atoms with Gasteiger partial charge in [-0.25, -0.2) is 0 Å². The molecule has 1 aliphatic heterocycles. The van der Waals surface area contributed by atoms with Gasteiger partial charge < -0.3 is 15.5 Å². The summed E-state index contributed by atoms with van der Waals surface area (Å²) >= 11 is 0. The zero-order valence-corrected chi connectivity index (χ0v) is 10.8. The fraction of sp³-hybridized carbons (Fsp3) is 0.917. The van der Waals surface area contributed by atoms with Crippen molar-refractivity contribution in [3.63, 3.8) is 0 Å². The molecule has 2 unspecified atom stereocenters. The van der Waals surface area contributed by atoms with Gasteiger partial charge in [0.15, 0.2) is 0 Å². The average Bonchev–Trinajstić information content (AvgIpc) is 2.27. The lowest BCUT2D eigenvalue weighted by molar-refractivity contribution is -0.136. The van der Waals surface area contributed by atoms with Crippen molar-refractivity contribution in [1.29, 1.82) is 0 Å². The molecule has 16 heavy (non-hydrogen) atoms. The molecule has 0 aromatic rings. The standard InChI is InChI=1S/C12H25N3O/c1-10(7-13)8-15(3)12(16)11-5-4-6-14(2)9-11/h10-11H,4-9,13H2,1-3H3. The third-order valence-corrected chi connectivity index (χ3v) is 3.34. The Kier molecular flexibility index (Phi) is 5.22. The second kappa shape index (κ2) is 6.21. The first-order valence-electron chi connectivity index (χ1n) is 6.18. The highest BCUT2D eigenvalue weighted by Crippen LogP contribution is 2.17. The number of rotatable bonds is 4. The van der Waals surface area contributed by atoms with E-state index in [0.29, 0.717) is 12.5 Å². The highest BCUT2D eigenvalue weighted by Gasteiger charge is 2.26. The third-order valence-electron chi connectivity index (χ3n) is 3.34. The van der Waals surface area contributed by atoms with Crippen molar-refractivity contribution in [3.8, 4) is 0 Å². The normalized spacial score (nSPS) is 24.1. The summed E-state index contributed by atoms with van der Waals surface area (Å²) in [5.41, 5.74) is 5.57. The topological polar surface area (TPSA) is 49.6 Å². The zero-order chi connectivity index (χ0) is 12.1. The molecule has 4 nitrogen and oxygen atoms in total. The second-order valence-corrected chi connectivity index (χ2v) is 5.16. The van der Waals surface area contributed by atoms with E-state index < -0.39 is 0 Å². The summed E-state index contributed by atoms with van der Waals surface area (Å²) in [6.45, 7) is 5.52. The molecule has 1 saturated heterocycles. The van der Waals surface area contributed by atoms with Crippen LogP contribution in [0.15, 0.2) is 0 Å². The van der Waals surface area contributed by atoms with Crippen molar-refractivity contribution in [3.05, 3.63) is 0 Å². The van der Waals surface area contributed by atoms with Gasteiger partial charge in [-0.1, -0.05) is 6.92 Å². The Hall–Kier alpha value is -0.610. The number of carbonyl (C=O) groups is 1. The van der Waals surface area contributed by atoms with E-state index in [1.807, 2.05) is 11.9 Å². The van der Waals surface area contributed by atoms with E-state index in [1.165, 1.54) is 0 Å². The molecule has 1 heterocycles. The van der Waals surface area contributed by atoms with Crippen molar-refractivity contribution < 1.29 is 4.79 Å². The highest BCUT2D eigenvalue weighted by atomic mass is 16.2. The van der Waals surface area contributed by atoms with Crippen molar-refractivity contribution in [2.45, 2.75) is 19.8 Å². The van der Waals surface area contributed by atoms with E-state index in [9.17, 15) is 4.79 Å². The van der Waals surface area contributed by atoms with Crippen molar-refractivity contribution in [2.24, 2.45) is 17.6 Å². The Morgan fingerprint density at radius 3 is 2.88 bits per heavy atom. The maximum atomic E-state index is 12.2. The molecule has 0 aromatic carbocycles.